The molecular formula is C18H28. The van der Waals surface area contributed by atoms with Crippen LogP contribution in [0, 0.1) is 11.8 Å². The maximum atomic E-state index is 2.42. The van der Waals surface area contributed by atoms with Crippen molar-refractivity contribution in [1.82, 2.24) is 0 Å². The van der Waals surface area contributed by atoms with Gasteiger partial charge in [-0.2, -0.15) is 0 Å². The van der Waals surface area contributed by atoms with Crippen molar-refractivity contribution in [2.45, 2.75) is 65.2 Å². The van der Waals surface area contributed by atoms with Crippen LogP contribution < -0.4 is 0 Å². The Bertz CT molecular complexity index is 341. The molecule has 1 aliphatic carbocycles. The van der Waals surface area contributed by atoms with Gasteiger partial charge in [0, 0.05) is 0 Å². The summed E-state index contributed by atoms with van der Waals surface area (Å²) < 4.78 is 0. The Morgan fingerprint density at radius 3 is 2.11 bits per heavy atom. The lowest BCUT2D eigenvalue weighted by Gasteiger charge is -2.28. The molecule has 0 N–H and O–H groups in total. The highest BCUT2D eigenvalue weighted by Crippen LogP contribution is 2.35. The SMILES string of the molecule is CC(C)Cc1ccc(C(C)C2CCCCC2)cc1. The molecule has 18 heavy (non-hydrogen) atoms. The van der Waals surface area contributed by atoms with Gasteiger partial charge in [0.2, 0.25) is 0 Å². The Morgan fingerprint density at radius 2 is 1.56 bits per heavy atom. The van der Waals surface area contributed by atoms with Crippen molar-refractivity contribution in [1.29, 1.82) is 0 Å². The van der Waals surface area contributed by atoms with Gasteiger partial charge in [-0.1, -0.05) is 64.3 Å². The first-order chi connectivity index (χ1) is 8.66. The quantitative estimate of drug-likeness (QED) is 0.649. The Morgan fingerprint density at radius 1 is 0.944 bits per heavy atom. The van der Waals surface area contributed by atoms with E-state index in [1.54, 1.807) is 5.56 Å². The molecule has 1 atom stereocenters. The van der Waals surface area contributed by atoms with Crippen LogP contribution in [0.1, 0.15) is 69.9 Å². The summed E-state index contributed by atoms with van der Waals surface area (Å²) in [6.07, 6.45) is 8.43. The first kappa shape index (κ1) is 13.6. The summed E-state index contributed by atoms with van der Waals surface area (Å²) in [4.78, 5) is 0. The maximum absolute atomic E-state index is 2.42. The molecule has 1 fully saturated rings. The lowest BCUT2D eigenvalue weighted by atomic mass is 9.77. The van der Waals surface area contributed by atoms with Crippen molar-refractivity contribution in [3.05, 3.63) is 35.4 Å². The molecule has 0 heteroatoms. The molecule has 1 aliphatic rings. The summed E-state index contributed by atoms with van der Waals surface area (Å²) in [6, 6.07) is 9.43. The molecule has 0 radical (unpaired) electrons. The fourth-order valence-corrected chi connectivity index (χ4v) is 3.34. The molecule has 1 aromatic rings. The zero-order valence-corrected chi connectivity index (χ0v) is 12.3. The van der Waals surface area contributed by atoms with Gasteiger partial charge < -0.3 is 0 Å². The van der Waals surface area contributed by atoms with E-state index in [0.29, 0.717) is 0 Å². The second kappa shape index (κ2) is 6.41. The average molecular weight is 244 g/mol. The van der Waals surface area contributed by atoms with Gasteiger partial charge >= 0.3 is 0 Å². The van der Waals surface area contributed by atoms with Gasteiger partial charge in [0.15, 0.2) is 0 Å². The predicted molar refractivity (Wildman–Crippen MR) is 80.0 cm³/mol. The van der Waals surface area contributed by atoms with Gasteiger partial charge in [-0.05, 0) is 48.1 Å². The molecule has 0 heterocycles. The van der Waals surface area contributed by atoms with Crippen molar-refractivity contribution in [2.75, 3.05) is 0 Å². The number of rotatable bonds is 4. The van der Waals surface area contributed by atoms with E-state index in [4.69, 9.17) is 0 Å². The van der Waals surface area contributed by atoms with Gasteiger partial charge in [-0.3, -0.25) is 0 Å². The predicted octanol–water partition coefficient (Wildman–Crippen LogP) is 5.57. The summed E-state index contributed by atoms with van der Waals surface area (Å²) in [5, 5.41) is 0. The molecule has 0 saturated heterocycles. The van der Waals surface area contributed by atoms with Crippen molar-refractivity contribution in [2.24, 2.45) is 11.8 Å². The van der Waals surface area contributed by atoms with Crippen LogP contribution in [-0.2, 0) is 6.42 Å². The molecule has 100 valence electrons. The van der Waals surface area contributed by atoms with E-state index in [1.165, 1.54) is 44.1 Å². The fourth-order valence-electron chi connectivity index (χ4n) is 3.34. The number of hydrogen-bond acceptors (Lipinski definition) is 0. The molecule has 0 nitrogen and oxygen atoms in total. The van der Waals surface area contributed by atoms with Crippen LogP contribution in [0.25, 0.3) is 0 Å². The maximum Gasteiger partial charge on any atom is -0.0162 e. The van der Waals surface area contributed by atoms with Gasteiger partial charge in [0.05, 0.1) is 0 Å². The smallest absolute Gasteiger partial charge is 0.0162 e. The van der Waals surface area contributed by atoms with Crippen LogP contribution in [0.5, 0.6) is 0 Å². The van der Waals surface area contributed by atoms with E-state index >= 15 is 0 Å². The number of hydrogen-bond donors (Lipinski definition) is 0. The molecule has 0 aromatic heterocycles. The molecule has 0 bridgehead atoms. The second-order valence-electron chi connectivity index (χ2n) is 6.53. The third-order valence-electron chi connectivity index (χ3n) is 4.51. The molecule has 0 spiro atoms. The monoisotopic (exact) mass is 244 g/mol. The van der Waals surface area contributed by atoms with E-state index in [2.05, 4.69) is 45.0 Å². The molecule has 0 aliphatic heterocycles. The Kier molecular flexibility index (Phi) is 4.86. The van der Waals surface area contributed by atoms with Gasteiger partial charge in [-0.25, -0.2) is 0 Å². The zero-order chi connectivity index (χ0) is 13.0. The fraction of sp³-hybridized carbons (Fsp3) is 0.667. The van der Waals surface area contributed by atoms with Crippen LogP contribution in [0.2, 0.25) is 0 Å². The van der Waals surface area contributed by atoms with E-state index in [9.17, 15) is 0 Å². The van der Waals surface area contributed by atoms with Gasteiger partial charge in [-0.15, -0.1) is 0 Å². The van der Waals surface area contributed by atoms with Gasteiger partial charge in [0.1, 0.15) is 0 Å². The van der Waals surface area contributed by atoms with Crippen molar-refractivity contribution in [3.63, 3.8) is 0 Å². The van der Waals surface area contributed by atoms with Crippen LogP contribution in [0.15, 0.2) is 24.3 Å². The summed E-state index contributed by atoms with van der Waals surface area (Å²) in [6.45, 7) is 7.00. The highest BCUT2D eigenvalue weighted by Gasteiger charge is 2.21. The molecule has 1 saturated carbocycles. The van der Waals surface area contributed by atoms with Crippen molar-refractivity contribution >= 4 is 0 Å². The van der Waals surface area contributed by atoms with E-state index in [0.717, 1.165) is 17.8 Å². The first-order valence-corrected chi connectivity index (χ1v) is 7.75. The summed E-state index contributed by atoms with van der Waals surface area (Å²) in [7, 11) is 0. The summed E-state index contributed by atoms with van der Waals surface area (Å²) >= 11 is 0. The topological polar surface area (TPSA) is 0 Å². The summed E-state index contributed by atoms with van der Waals surface area (Å²) in [5.41, 5.74) is 3.04. The third-order valence-corrected chi connectivity index (χ3v) is 4.51. The Balaban J connectivity index is 1.99. The minimum Gasteiger partial charge on any atom is -0.0625 e. The Labute approximate surface area is 113 Å². The molecule has 1 unspecified atom stereocenters. The normalized spacial score (nSPS) is 19.1. The highest BCUT2D eigenvalue weighted by molar-refractivity contribution is 5.25. The first-order valence-electron chi connectivity index (χ1n) is 7.75. The molecule has 1 aromatic carbocycles. The standard InChI is InChI=1S/C18H28/c1-14(2)13-16-9-11-18(12-10-16)15(3)17-7-5-4-6-8-17/h9-12,14-15,17H,4-8,13H2,1-3H3. The third kappa shape index (κ3) is 3.60. The van der Waals surface area contributed by atoms with Crippen LogP contribution >= 0.6 is 0 Å². The van der Waals surface area contributed by atoms with Crippen LogP contribution in [0.3, 0.4) is 0 Å². The minimum atomic E-state index is 0.749. The van der Waals surface area contributed by atoms with Crippen molar-refractivity contribution < 1.29 is 0 Å². The molecule has 2 rings (SSSR count). The lowest BCUT2D eigenvalue weighted by Crippen LogP contribution is -2.13. The van der Waals surface area contributed by atoms with E-state index < -0.39 is 0 Å². The lowest BCUT2D eigenvalue weighted by molar-refractivity contribution is 0.316. The van der Waals surface area contributed by atoms with Crippen LogP contribution in [0.4, 0.5) is 0 Å². The average Bonchev–Trinajstić information content (AvgIpc) is 2.39. The Hall–Kier alpha value is -0.780. The minimum absolute atomic E-state index is 0.749. The highest BCUT2D eigenvalue weighted by atomic mass is 14.3. The molecule has 0 amide bonds. The summed E-state index contributed by atoms with van der Waals surface area (Å²) in [5.74, 6) is 2.43. The van der Waals surface area contributed by atoms with Crippen molar-refractivity contribution in [3.8, 4) is 0 Å². The zero-order valence-electron chi connectivity index (χ0n) is 12.3. The number of benzene rings is 1. The van der Waals surface area contributed by atoms with E-state index in [1.807, 2.05) is 0 Å². The van der Waals surface area contributed by atoms with Crippen LogP contribution in [-0.4, -0.2) is 0 Å². The van der Waals surface area contributed by atoms with E-state index in [-0.39, 0.29) is 0 Å². The second-order valence-corrected chi connectivity index (χ2v) is 6.53. The largest absolute Gasteiger partial charge is 0.0625 e. The van der Waals surface area contributed by atoms with Gasteiger partial charge in [0.25, 0.3) is 0 Å². The molecular weight excluding hydrogens is 216 g/mol.